The standard InChI is InChI=1S/C14H31NO5/c1-13(2)15-14(3,11-16)12-20-10-9-19-8-7-18-6-5-17-4/h13,15-16H,5-12H2,1-4H3. The third-order valence-corrected chi connectivity index (χ3v) is 2.58. The maximum atomic E-state index is 9.38. The highest BCUT2D eigenvalue weighted by molar-refractivity contribution is 4.83. The van der Waals surface area contributed by atoms with Crippen LogP contribution in [0.3, 0.4) is 0 Å². The Balaban J connectivity index is 3.42. The number of methoxy groups -OCH3 is 1. The second-order valence-electron chi connectivity index (χ2n) is 5.29. The molecule has 0 heterocycles. The summed E-state index contributed by atoms with van der Waals surface area (Å²) in [6.45, 7) is 9.86. The smallest absolute Gasteiger partial charge is 0.0701 e. The van der Waals surface area contributed by atoms with Crippen LogP contribution in [0.5, 0.6) is 0 Å². The summed E-state index contributed by atoms with van der Waals surface area (Å²) >= 11 is 0. The molecule has 20 heavy (non-hydrogen) atoms. The number of nitrogens with one attached hydrogen (secondary N) is 1. The van der Waals surface area contributed by atoms with Crippen LogP contribution in [-0.4, -0.2) is 76.7 Å². The van der Waals surface area contributed by atoms with E-state index in [1.807, 2.05) is 20.8 Å². The first-order valence-corrected chi connectivity index (χ1v) is 7.15. The molecule has 0 aliphatic carbocycles. The lowest BCUT2D eigenvalue weighted by atomic mass is 10.0. The number of rotatable bonds is 14. The van der Waals surface area contributed by atoms with Crippen LogP contribution in [-0.2, 0) is 18.9 Å². The lowest BCUT2D eigenvalue weighted by Gasteiger charge is -2.30. The molecule has 6 nitrogen and oxygen atoms in total. The molecule has 2 N–H and O–H groups in total. The first-order chi connectivity index (χ1) is 9.54. The van der Waals surface area contributed by atoms with Gasteiger partial charge in [0.25, 0.3) is 0 Å². The summed E-state index contributed by atoms with van der Waals surface area (Å²) in [7, 11) is 1.64. The Bertz CT molecular complexity index is 216. The van der Waals surface area contributed by atoms with E-state index in [9.17, 15) is 5.11 Å². The molecule has 0 saturated carbocycles. The van der Waals surface area contributed by atoms with Crippen molar-refractivity contribution in [2.24, 2.45) is 0 Å². The van der Waals surface area contributed by atoms with Gasteiger partial charge < -0.3 is 29.4 Å². The Hall–Kier alpha value is -0.240. The molecule has 0 radical (unpaired) electrons. The topological polar surface area (TPSA) is 69.2 Å². The molecule has 0 saturated heterocycles. The Kier molecular flexibility index (Phi) is 12.3. The van der Waals surface area contributed by atoms with Gasteiger partial charge in [-0.1, -0.05) is 13.8 Å². The van der Waals surface area contributed by atoms with E-state index in [1.54, 1.807) is 7.11 Å². The highest BCUT2D eigenvalue weighted by Crippen LogP contribution is 2.05. The van der Waals surface area contributed by atoms with Crippen molar-refractivity contribution in [2.75, 3.05) is 60.0 Å². The molecule has 0 spiro atoms. The summed E-state index contributed by atoms with van der Waals surface area (Å²) in [6, 6.07) is 0.302. The highest BCUT2D eigenvalue weighted by Gasteiger charge is 2.23. The lowest BCUT2D eigenvalue weighted by Crippen LogP contribution is -2.52. The van der Waals surface area contributed by atoms with Gasteiger partial charge >= 0.3 is 0 Å². The van der Waals surface area contributed by atoms with Crippen LogP contribution in [0, 0.1) is 0 Å². The fourth-order valence-electron chi connectivity index (χ4n) is 1.71. The molecule has 1 atom stereocenters. The molecule has 0 aliphatic rings. The van der Waals surface area contributed by atoms with Gasteiger partial charge in [-0.05, 0) is 6.92 Å². The van der Waals surface area contributed by atoms with Crippen molar-refractivity contribution in [3.63, 3.8) is 0 Å². The van der Waals surface area contributed by atoms with Crippen LogP contribution < -0.4 is 5.32 Å². The summed E-state index contributed by atoms with van der Waals surface area (Å²) in [5, 5.41) is 12.7. The van der Waals surface area contributed by atoms with Crippen molar-refractivity contribution in [3.8, 4) is 0 Å². The number of ether oxygens (including phenoxy) is 4. The minimum Gasteiger partial charge on any atom is -0.394 e. The Morgan fingerprint density at radius 2 is 1.45 bits per heavy atom. The maximum absolute atomic E-state index is 9.38. The van der Waals surface area contributed by atoms with Crippen LogP contribution in [0.1, 0.15) is 20.8 Å². The average molecular weight is 293 g/mol. The molecule has 0 aromatic rings. The minimum atomic E-state index is -0.405. The van der Waals surface area contributed by atoms with E-state index in [1.165, 1.54) is 0 Å². The molecule has 0 bridgehead atoms. The van der Waals surface area contributed by atoms with E-state index in [0.29, 0.717) is 52.3 Å². The average Bonchev–Trinajstić information content (AvgIpc) is 2.40. The third kappa shape index (κ3) is 11.6. The van der Waals surface area contributed by atoms with Crippen molar-refractivity contribution in [1.82, 2.24) is 5.32 Å². The molecule has 0 amide bonds. The second-order valence-corrected chi connectivity index (χ2v) is 5.29. The zero-order chi connectivity index (χ0) is 15.3. The van der Waals surface area contributed by atoms with Crippen molar-refractivity contribution < 1.29 is 24.1 Å². The Morgan fingerprint density at radius 3 is 1.90 bits per heavy atom. The lowest BCUT2D eigenvalue weighted by molar-refractivity contribution is -0.0129. The van der Waals surface area contributed by atoms with E-state index < -0.39 is 5.54 Å². The molecule has 0 aromatic carbocycles. The number of aliphatic hydroxyl groups excluding tert-OH is 1. The van der Waals surface area contributed by atoms with Gasteiger partial charge in [-0.2, -0.15) is 0 Å². The van der Waals surface area contributed by atoms with Crippen LogP contribution in [0.15, 0.2) is 0 Å². The predicted octanol–water partition coefficient (Wildman–Crippen LogP) is 0.432. The zero-order valence-corrected chi connectivity index (χ0v) is 13.3. The number of aliphatic hydroxyl groups is 1. The molecular formula is C14H31NO5. The van der Waals surface area contributed by atoms with Crippen molar-refractivity contribution in [2.45, 2.75) is 32.4 Å². The van der Waals surface area contributed by atoms with Crippen LogP contribution in [0.2, 0.25) is 0 Å². The SMILES string of the molecule is COCCOCCOCCOCC(C)(CO)NC(C)C. The molecule has 0 aliphatic heterocycles. The molecular weight excluding hydrogens is 262 g/mol. The van der Waals surface area contributed by atoms with E-state index >= 15 is 0 Å². The first-order valence-electron chi connectivity index (χ1n) is 7.15. The van der Waals surface area contributed by atoms with Crippen LogP contribution in [0.25, 0.3) is 0 Å². The van der Waals surface area contributed by atoms with E-state index in [0.717, 1.165) is 0 Å². The molecule has 6 heteroatoms. The number of hydrogen-bond donors (Lipinski definition) is 2. The van der Waals surface area contributed by atoms with Crippen LogP contribution >= 0.6 is 0 Å². The Labute approximate surface area is 122 Å². The third-order valence-electron chi connectivity index (χ3n) is 2.58. The van der Waals surface area contributed by atoms with Crippen molar-refractivity contribution in [3.05, 3.63) is 0 Å². The molecule has 0 rings (SSSR count). The van der Waals surface area contributed by atoms with Gasteiger partial charge in [0.2, 0.25) is 0 Å². The van der Waals surface area contributed by atoms with Gasteiger partial charge in [-0.3, -0.25) is 0 Å². The summed E-state index contributed by atoms with van der Waals surface area (Å²) in [4.78, 5) is 0. The summed E-state index contributed by atoms with van der Waals surface area (Å²) in [5.74, 6) is 0. The Morgan fingerprint density at radius 1 is 0.950 bits per heavy atom. The quantitative estimate of drug-likeness (QED) is 0.453. The van der Waals surface area contributed by atoms with Gasteiger partial charge in [0.15, 0.2) is 0 Å². The van der Waals surface area contributed by atoms with Crippen LogP contribution in [0.4, 0.5) is 0 Å². The second kappa shape index (κ2) is 12.5. The van der Waals surface area contributed by atoms with Crippen molar-refractivity contribution in [1.29, 1.82) is 0 Å². The molecule has 122 valence electrons. The van der Waals surface area contributed by atoms with E-state index in [2.05, 4.69) is 5.32 Å². The maximum Gasteiger partial charge on any atom is 0.0701 e. The summed E-state index contributed by atoms with van der Waals surface area (Å²) in [5.41, 5.74) is -0.405. The monoisotopic (exact) mass is 293 g/mol. The molecule has 0 fully saturated rings. The summed E-state index contributed by atoms with van der Waals surface area (Å²) < 4.78 is 21.0. The molecule has 0 aromatic heterocycles. The summed E-state index contributed by atoms with van der Waals surface area (Å²) in [6.07, 6.45) is 0. The fourth-order valence-corrected chi connectivity index (χ4v) is 1.71. The zero-order valence-electron chi connectivity index (χ0n) is 13.3. The highest BCUT2D eigenvalue weighted by atomic mass is 16.6. The van der Waals surface area contributed by atoms with E-state index in [4.69, 9.17) is 18.9 Å². The van der Waals surface area contributed by atoms with Gasteiger partial charge in [0.05, 0.1) is 58.4 Å². The van der Waals surface area contributed by atoms with Crippen molar-refractivity contribution >= 4 is 0 Å². The molecule has 1 unspecified atom stereocenters. The largest absolute Gasteiger partial charge is 0.394 e. The first kappa shape index (κ1) is 19.8. The number of hydrogen-bond acceptors (Lipinski definition) is 6. The minimum absolute atomic E-state index is 0.0410. The van der Waals surface area contributed by atoms with Gasteiger partial charge in [0.1, 0.15) is 0 Å². The van der Waals surface area contributed by atoms with E-state index in [-0.39, 0.29) is 6.61 Å². The predicted molar refractivity (Wildman–Crippen MR) is 78.1 cm³/mol. The van der Waals surface area contributed by atoms with Gasteiger partial charge in [0, 0.05) is 13.2 Å². The fraction of sp³-hybridized carbons (Fsp3) is 1.00. The normalized spacial score (nSPS) is 14.7. The van der Waals surface area contributed by atoms with Gasteiger partial charge in [-0.25, -0.2) is 0 Å². The van der Waals surface area contributed by atoms with Gasteiger partial charge in [-0.15, -0.1) is 0 Å².